The highest BCUT2D eigenvalue weighted by molar-refractivity contribution is 7.13. The number of nitrogens with zero attached hydrogens (tertiary/aromatic N) is 2. The highest BCUT2D eigenvalue weighted by Gasteiger charge is 2.14. The molecule has 0 radical (unpaired) electrons. The van der Waals surface area contributed by atoms with Crippen LogP contribution in [0.1, 0.15) is 26.5 Å². The number of rotatable bonds is 5. The van der Waals surface area contributed by atoms with Gasteiger partial charge in [0, 0.05) is 18.5 Å². The van der Waals surface area contributed by atoms with Crippen LogP contribution < -0.4 is 5.32 Å². The van der Waals surface area contributed by atoms with Crippen molar-refractivity contribution in [1.82, 2.24) is 9.88 Å². The van der Waals surface area contributed by atoms with Gasteiger partial charge < -0.3 is 9.64 Å². The number of hydrogen-bond donors (Lipinski definition) is 1. The van der Waals surface area contributed by atoms with Crippen molar-refractivity contribution in [3.8, 4) is 0 Å². The van der Waals surface area contributed by atoms with E-state index in [1.54, 1.807) is 24.3 Å². The lowest BCUT2D eigenvalue weighted by molar-refractivity contribution is -0.142. The second-order valence-corrected chi connectivity index (χ2v) is 5.12. The van der Waals surface area contributed by atoms with Gasteiger partial charge in [0.15, 0.2) is 5.13 Å². The molecule has 1 aromatic heterocycles. The first-order valence-corrected chi connectivity index (χ1v) is 6.95. The maximum Gasteiger partial charge on any atom is 0.323 e. The Morgan fingerprint density at radius 1 is 1.53 bits per heavy atom. The summed E-state index contributed by atoms with van der Waals surface area (Å²) in [5.74, 6) is -0.315. The first-order valence-electron chi connectivity index (χ1n) is 6.07. The quantitative estimate of drug-likeness (QED) is 0.841. The van der Waals surface area contributed by atoms with Crippen LogP contribution in [0, 0.1) is 0 Å². The third-order valence-corrected chi connectivity index (χ3v) is 3.30. The van der Waals surface area contributed by atoms with Crippen molar-refractivity contribution in [3.05, 3.63) is 11.1 Å². The predicted molar refractivity (Wildman–Crippen MR) is 74.4 cm³/mol. The third-order valence-electron chi connectivity index (χ3n) is 2.49. The van der Waals surface area contributed by atoms with E-state index in [1.165, 1.54) is 11.3 Å². The summed E-state index contributed by atoms with van der Waals surface area (Å²) in [5.41, 5.74) is 0.603. The summed E-state index contributed by atoms with van der Waals surface area (Å²) in [6.45, 7) is 5.96. The number of nitrogens with one attached hydrogen (secondary N) is 1. The molecule has 6 nitrogen and oxygen atoms in total. The molecule has 1 N–H and O–H groups in total. The second-order valence-electron chi connectivity index (χ2n) is 4.26. The van der Waals surface area contributed by atoms with Crippen LogP contribution >= 0.6 is 11.3 Å². The van der Waals surface area contributed by atoms with E-state index in [9.17, 15) is 9.59 Å². The Bertz CT molecular complexity index is 445. The van der Waals surface area contributed by atoms with Crippen molar-refractivity contribution in [2.75, 3.05) is 19.0 Å². The summed E-state index contributed by atoms with van der Waals surface area (Å²) in [4.78, 5) is 28.8. The zero-order chi connectivity index (χ0) is 14.4. The number of esters is 1. The molecule has 7 heteroatoms. The Morgan fingerprint density at radius 2 is 2.21 bits per heavy atom. The van der Waals surface area contributed by atoms with Crippen molar-refractivity contribution in [3.63, 3.8) is 0 Å². The maximum atomic E-state index is 11.8. The van der Waals surface area contributed by atoms with Crippen molar-refractivity contribution in [2.45, 2.75) is 33.2 Å². The summed E-state index contributed by atoms with van der Waals surface area (Å²) < 4.78 is 4.84. The van der Waals surface area contributed by atoms with Gasteiger partial charge in [-0.25, -0.2) is 9.78 Å². The van der Waals surface area contributed by atoms with E-state index in [4.69, 9.17) is 4.74 Å². The molecule has 1 rings (SSSR count). The molecule has 0 saturated carbocycles. The number of carbonyl (C=O) groups is 2. The fraction of sp³-hybridized carbons (Fsp3) is 0.583. The Kier molecular flexibility index (Phi) is 5.75. The maximum absolute atomic E-state index is 11.8. The first kappa shape index (κ1) is 15.4. The van der Waals surface area contributed by atoms with E-state index in [2.05, 4.69) is 10.3 Å². The number of anilines is 1. The van der Waals surface area contributed by atoms with Crippen LogP contribution in [-0.4, -0.2) is 41.6 Å². The summed E-state index contributed by atoms with van der Waals surface area (Å²) in [5, 5.41) is 4.91. The van der Waals surface area contributed by atoms with Crippen molar-refractivity contribution in [2.24, 2.45) is 0 Å². The largest absolute Gasteiger partial charge is 0.466 e. The third kappa shape index (κ3) is 4.86. The lowest BCUT2D eigenvalue weighted by Crippen LogP contribution is -2.36. The van der Waals surface area contributed by atoms with Gasteiger partial charge in [-0.2, -0.15) is 0 Å². The van der Waals surface area contributed by atoms with Crippen LogP contribution in [0.3, 0.4) is 0 Å². The van der Waals surface area contributed by atoms with Crippen molar-refractivity contribution < 1.29 is 14.3 Å². The Labute approximate surface area is 116 Å². The molecule has 1 aromatic rings. The molecule has 19 heavy (non-hydrogen) atoms. The molecule has 0 aliphatic carbocycles. The molecule has 106 valence electrons. The summed E-state index contributed by atoms with van der Waals surface area (Å²) in [6.07, 6.45) is 0.125. The van der Waals surface area contributed by atoms with Gasteiger partial charge in [-0.15, -0.1) is 11.3 Å². The molecule has 0 aliphatic heterocycles. The number of carbonyl (C=O) groups excluding carboxylic acids is 2. The number of ether oxygens (including phenoxy) is 1. The summed E-state index contributed by atoms with van der Waals surface area (Å²) in [7, 11) is 1.72. The van der Waals surface area contributed by atoms with Gasteiger partial charge in [-0.1, -0.05) is 0 Å². The molecular formula is C12H19N3O3S. The lowest BCUT2D eigenvalue weighted by atomic mass is 10.3. The van der Waals surface area contributed by atoms with Crippen LogP contribution in [0.5, 0.6) is 0 Å². The molecular weight excluding hydrogens is 266 g/mol. The smallest absolute Gasteiger partial charge is 0.323 e. The minimum Gasteiger partial charge on any atom is -0.466 e. The highest BCUT2D eigenvalue weighted by Crippen LogP contribution is 2.16. The molecule has 0 saturated heterocycles. The zero-order valence-corrected chi connectivity index (χ0v) is 12.4. The summed E-state index contributed by atoms with van der Waals surface area (Å²) >= 11 is 1.29. The fourth-order valence-electron chi connectivity index (χ4n) is 1.22. The number of urea groups is 1. The molecule has 1 heterocycles. The van der Waals surface area contributed by atoms with Gasteiger partial charge in [0.05, 0.1) is 18.7 Å². The minimum atomic E-state index is -0.315. The zero-order valence-electron chi connectivity index (χ0n) is 11.6. The Hall–Kier alpha value is -1.63. The van der Waals surface area contributed by atoms with Gasteiger partial charge in [0.2, 0.25) is 0 Å². The van der Waals surface area contributed by atoms with Crippen LogP contribution in [-0.2, 0) is 16.0 Å². The molecule has 0 unspecified atom stereocenters. The monoisotopic (exact) mass is 285 g/mol. The van der Waals surface area contributed by atoms with Gasteiger partial charge in [0.1, 0.15) is 0 Å². The predicted octanol–water partition coefficient (Wildman–Crippen LogP) is 2.12. The normalized spacial score (nSPS) is 10.4. The van der Waals surface area contributed by atoms with Crippen molar-refractivity contribution >= 4 is 28.5 Å². The van der Waals surface area contributed by atoms with E-state index in [0.29, 0.717) is 17.4 Å². The van der Waals surface area contributed by atoms with Crippen LogP contribution in [0.4, 0.5) is 9.93 Å². The summed E-state index contributed by atoms with van der Waals surface area (Å²) in [6, 6.07) is -0.106. The Morgan fingerprint density at radius 3 is 2.79 bits per heavy atom. The number of aromatic nitrogens is 1. The molecule has 0 fully saturated rings. The van der Waals surface area contributed by atoms with Crippen LogP contribution in [0.2, 0.25) is 0 Å². The highest BCUT2D eigenvalue weighted by atomic mass is 32.1. The number of thiazole rings is 1. The number of amides is 2. The first-order chi connectivity index (χ1) is 8.93. The lowest BCUT2D eigenvalue weighted by Gasteiger charge is -2.20. The molecule has 2 amide bonds. The van der Waals surface area contributed by atoms with Crippen LogP contribution in [0.25, 0.3) is 0 Å². The molecule has 0 spiro atoms. The van der Waals surface area contributed by atoms with E-state index in [0.717, 1.165) is 0 Å². The van der Waals surface area contributed by atoms with Gasteiger partial charge in [-0.3, -0.25) is 10.1 Å². The van der Waals surface area contributed by atoms with E-state index in [-0.39, 0.29) is 24.5 Å². The average Bonchev–Trinajstić information content (AvgIpc) is 2.75. The SMILES string of the molecule is CCOC(=O)Cc1csc(NC(=O)N(C)C(C)C)n1. The topological polar surface area (TPSA) is 71.5 Å². The molecule has 0 aliphatic rings. The molecule has 0 atom stereocenters. The van der Waals surface area contributed by atoms with Crippen molar-refractivity contribution in [1.29, 1.82) is 0 Å². The van der Waals surface area contributed by atoms with Crippen LogP contribution in [0.15, 0.2) is 5.38 Å². The fourth-order valence-corrected chi connectivity index (χ4v) is 1.92. The van der Waals surface area contributed by atoms with Gasteiger partial charge in [-0.05, 0) is 20.8 Å². The van der Waals surface area contributed by atoms with Gasteiger partial charge in [0.25, 0.3) is 0 Å². The minimum absolute atomic E-state index is 0.110. The molecule has 0 bridgehead atoms. The average molecular weight is 285 g/mol. The second kappa shape index (κ2) is 7.08. The number of hydrogen-bond acceptors (Lipinski definition) is 5. The van der Waals surface area contributed by atoms with E-state index >= 15 is 0 Å². The van der Waals surface area contributed by atoms with E-state index < -0.39 is 0 Å². The van der Waals surface area contributed by atoms with E-state index in [1.807, 2.05) is 13.8 Å². The molecule has 0 aromatic carbocycles. The Balaban J connectivity index is 2.55. The standard InChI is InChI=1S/C12H19N3O3S/c1-5-18-10(16)6-9-7-19-11(13-9)14-12(17)15(4)8(2)3/h7-8H,5-6H2,1-4H3,(H,13,14,17). The van der Waals surface area contributed by atoms with Gasteiger partial charge >= 0.3 is 12.0 Å².